The molecule has 0 aliphatic rings. The van der Waals surface area contributed by atoms with E-state index in [2.05, 4.69) is 70.3 Å². The van der Waals surface area contributed by atoms with Crippen molar-refractivity contribution in [1.29, 1.82) is 0 Å². The molecule has 1 rings (SSSR count). The Morgan fingerprint density at radius 1 is 1.05 bits per heavy atom. The Hall–Kier alpha value is -0.860. The van der Waals surface area contributed by atoms with Crippen LogP contribution in [0.25, 0.3) is 0 Å². The first-order valence-electron chi connectivity index (χ1n) is 7.72. The molecule has 1 unspecified atom stereocenters. The van der Waals surface area contributed by atoms with E-state index in [-0.39, 0.29) is 11.6 Å². The highest BCUT2D eigenvalue weighted by atomic mass is 15.0. The summed E-state index contributed by atoms with van der Waals surface area (Å²) >= 11 is 0. The number of benzene rings is 1. The zero-order valence-electron chi connectivity index (χ0n) is 13.9. The van der Waals surface area contributed by atoms with E-state index in [1.165, 1.54) is 5.56 Å². The maximum atomic E-state index is 6.23. The normalized spacial score (nSPS) is 14.3. The molecule has 0 heterocycles. The fraction of sp³-hybridized carbons (Fsp3) is 0.667. The van der Waals surface area contributed by atoms with Gasteiger partial charge in [-0.3, -0.25) is 0 Å². The lowest BCUT2D eigenvalue weighted by Gasteiger charge is -2.34. The molecule has 1 aromatic carbocycles. The predicted molar refractivity (Wildman–Crippen MR) is 88.9 cm³/mol. The van der Waals surface area contributed by atoms with Gasteiger partial charge >= 0.3 is 0 Å². The van der Waals surface area contributed by atoms with Gasteiger partial charge in [0.25, 0.3) is 0 Å². The summed E-state index contributed by atoms with van der Waals surface area (Å²) < 4.78 is 0. The van der Waals surface area contributed by atoms with E-state index in [0.29, 0.717) is 5.41 Å². The standard InChI is InChI=1S/C18H32N2/c1-17(2,3)14-18(4,5)20-13-16(19)12-11-15-9-7-6-8-10-15/h6-10,16,20H,11-14,19H2,1-5H3. The molecule has 0 fully saturated rings. The molecule has 0 saturated heterocycles. The van der Waals surface area contributed by atoms with Gasteiger partial charge in [0.15, 0.2) is 0 Å². The summed E-state index contributed by atoms with van der Waals surface area (Å²) in [5.74, 6) is 0. The third kappa shape index (κ3) is 7.66. The van der Waals surface area contributed by atoms with Crippen molar-refractivity contribution >= 4 is 0 Å². The Labute approximate surface area is 125 Å². The van der Waals surface area contributed by atoms with Crippen molar-refractivity contribution in [2.24, 2.45) is 11.1 Å². The first kappa shape index (κ1) is 17.2. The maximum Gasteiger partial charge on any atom is 0.0168 e. The molecular formula is C18H32N2. The van der Waals surface area contributed by atoms with Crippen molar-refractivity contribution in [2.75, 3.05) is 6.54 Å². The highest BCUT2D eigenvalue weighted by Crippen LogP contribution is 2.26. The van der Waals surface area contributed by atoms with Crippen LogP contribution in [0.15, 0.2) is 30.3 Å². The lowest BCUT2D eigenvalue weighted by molar-refractivity contribution is 0.238. The van der Waals surface area contributed by atoms with Crippen LogP contribution in [0.2, 0.25) is 0 Å². The average Bonchev–Trinajstić information content (AvgIpc) is 2.32. The van der Waals surface area contributed by atoms with Crippen LogP contribution in [0.1, 0.15) is 53.0 Å². The lowest BCUT2D eigenvalue weighted by Crippen LogP contribution is -2.47. The summed E-state index contributed by atoms with van der Waals surface area (Å²) in [7, 11) is 0. The highest BCUT2D eigenvalue weighted by Gasteiger charge is 2.25. The van der Waals surface area contributed by atoms with Crippen molar-refractivity contribution < 1.29 is 0 Å². The second-order valence-electron chi connectivity index (χ2n) is 7.79. The van der Waals surface area contributed by atoms with Gasteiger partial charge in [-0.2, -0.15) is 0 Å². The molecule has 0 spiro atoms. The van der Waals surface area contributed by atoms with Crippen LogP contribution in [0.5, 0.6) is 0 Å². The van der Waals surface area contributed by atoms with Gasteiger partial charge in [-0.05, 0) is 44.1 Å². The topological polar surface area (TPSA) is 38.0 Å². The van der Waals surface area contributed by atoms with E-state index < -0.39 is 0 Å². The van der Waals surface area contributed by atoms with Gasteiger partial charge in [0.05, 0.1) is 0 Å². The van der Waals surface area contributed by atoms with Crippen LogP contribution in [0, 0.1) is 5.41 Å². The highest BCUT2D eigenvalue weighted by molar-refractivity contribution is 5.14. The molecule has 1 atom stereocenters. The molecule has 1 aromatic rings. The van der Waals surface area contributed by atoms with Gasteiger partial charge in [-0.15, -0.1) is 0 Å². The van der Waals surface area contributed by atoms with E-state index in [9.17, 15) is 0 Å². The quantitative estimate of drug-likeness (QED) is 0.796. The van der Waals surface area contributed by atoms with E-state index >= 15 is 0 Å². The van der Waals surface area contributed by atoms with Crippen LogP contribution >= 0.6 is 0 Å². The lowest BCUT2D eigenvalue weighted by atomic mass is 9.81. The molecule has 0 amide bonds. The summed E-state index contributed by atoms with van der Waals surface area (Å²) in [5.41, 5.74) is 8.08. The fourth-order valence-corrected chi connectivity index (χ4v) is 2.89. The number of aryl methyl sites for hydroxylation is 1. The molecule has 0 aromatic heterocycles. The minimum absolute atomic E-state index is 0.141. The molecule has 114 valence electrons. The summed E-state index contributed by atoms with van der Waals surface area (Å²) in [6.07, 6.45) is 3.23. The van der Waals surface area contributed by atoms with Gasteiger partial charge in [0.1, 0.15) is 0 Å². The Morgan fingerprint density at radius 3 is 2.20 bits per heavy atom. The molecule has 0 radical (unpaired) electrons. The van der Waals surface area contributed by atoms with E-state index in [0.717, 1.165) is 25.8 Å². The Kier molecular flexibility index (Phi) is 6.22. The van der Waals surface area contributed by atoms with Crippen LogP contribution in [0.3, 0.4) is 0 Å². The van der Waals surface area contributed by atoms with Crippen molar-refractivity contribution in [3.05, 3.63) is 35.9 Å². The third-order valence-electron chi connectivity index (χ3n) is 3.46. The summed E-state index contributed by atoms with van der Waals surface area (Å²) in [4.78, 5) is 0. The summed E-state index contributed by atoms with van der Waals surface area (Å²) in [6, 6.07) is 10.8. The second-order valence-corrected chi connectivity index (χ2v) is 7.79. The largest absolute Gasteiger partial charge is 0.327 e. The molecule has 0 bridgehead atoms. The number of hydrogen-bond acceptors (Lipinski definition) is 2. The maximum absolute atomic E-state index is 6.23. The van der Waals surface area contributed by atoms with Crippen LogP contribution < -0.4 is 11.1 Å². The van der Waals surface area contributed by atoms with Gasteiger partial charge in [-0.25, -0.2) is 0 Å². The third-order valence-corrected chi connectivity index (χ3v) is 3.46. The first-order chi connectivity index (χ1) is 9.18. The van der Waals surface area contributed by atoms with Crippen LogP contribution in [0.4, 0.5) is 0 Å². The predicted octanol–water partition coefficient (Wildman–Crippen LogP) is 3.75. The Bertz CT molecular complexity index is 376. The molecule has 0 aliphatic carbocycles. The first-order valence-corrected chi connectivity index (χ1v) is 7.72. The van der Waals surface area contributed by atoms with Gasteiger partial charge in [-0.1, -0.05) is 51.1 Å². The van der Waals surface area contributed by atoms with E-state index in [1.54, 1.807) is 0 Å². The number of rotatable bonds is 7. The second kappa shape index (κ2) is 7.24. The molecule has 2 heteroatoms. The van der Waals surface area contributed by atoms with Gasteiger partial charge in [0, 0.05) is 18.1 Å². The number of hydrogen-bond donors (Lipinski definition) is 2. The SMILES string of the molecule is CC(C)(C)CC(C)(C)NCC(N)CCc1ccccc1. The summed E-state index contributed by atoms with van der Waals surface area (Å²) in [6.45, 7) is 12.3. The van der Waals surface area contributed by atoms with Crippen molar-refractivity contribution in [3.63, 3.8) is 0 Å². The Balaban J connectivity index is 2.30. The minimum atomic E-state index is 0.141. The average molecular weight is 276 g/mol. The zero-order chi connectivity index (χ0) is 15.2. The van der Waals surface area contributed by atoms with E-state index in [1.807, 2.05) is 0 Å². The number of nitrogens with two attached hydrogens (primary N) is 1. The molecule has 20 heavy (non-hydrogen) atoms. The molecular weight excluding hydrogens is 244 g/mol. The zero-order valence-corrected chi connectivity index (χ0v) is 13.9. The van der Waals surface area contributed by atoms with Gasteiger partial charge < -0.3 is 11.1 Å². The molecule has 3 N–H and O–H groups in total. The smallest absolute Gasteiger partial charge is 0.0168 e. The minimum Gasteiger partial charge on any atom is -0.327 e. The monoisotopic (exact) mass is 276 g/mol. The molecule has 0 aliphatic heterocycles. The Morgan fingerprint density at radius 2 is 1.65 bits per heavy atom. The van der Waals surface area contributed by atoms with Crippen molar-refractivity contribution in [1.82, 2.24) is 5.32 Å². The fourth-order valence-electron chi connectivity index (χ4n) is 2.89. The van der Waals surface area contributed by atoms with Gasteiger partial charge in [0.2, 0.25) is 0 Å². The summed E-state index contributed by atoms with van der Waals surface area (Å²) in [5, 5.41) is 3.63. The molecule has 0 saturated carbocycles. The van der Waals surface area contributed by atoms with Crippen molar-refractivity contribution in [3.8, 4) is 0 Å². The molecule has 2 nitrogen and oxygen atoms in total. The van der Waals surface area contributed by atoms with Crippen LogP contribution in [-0.4, -0.2) is 18.1 Å². The number of nitrogens with one attached hydrogen (secondary N) is 1. The van der Waals surface area contributed by atoms with Crippen molar-refractivity contribution in [2.45, 2.75) is 65.5 Å². The van der Waals surface area contributed by atoms with E-state index in [4.69, 9.17) is 5.73 Å². The van der Waals surface area contributed by atoms with Crippen LogP contribution in [-0.2, 0) is 6.42 Å².